The molecular formula is C23H38IN5O3. The predicted octanol–water partition coefficient (Wildman–Crippen LogP) is 2.13. The van der Waals surface area contributed by atoms with Gasteiger partial charge in [-0.2, -0.15) is 0 Å². The third-order valence-electron chi connectivity index (χ3n) is 5.75. The summed E-state index contributed by atoms with van der Waals surface area (Å²) in [6.45, 7) is 1.22. The quantitative estimate of drug-likeness (QED) is 0.275. The minimum atomic E-state index is -0.409. The standard InChI is InChI=1S/C23H37N5O3.HI/c1-27(2)20(29)16-25-22(24-15-12-18-8-10-19(31-5)11-9-18)26-17-23(13-6-7-14-23)21(30)28(3)4;/h8-11H,6-7,12-17H2,1-5H3,(H2,24,25,26);1H. The van der Waals surface area contributed by atoms with Gasteiger partial charge in [0.05, 0.1) is 12.5 Å². The Balaban J connectivity index is 0.00000512. The molecule has 0 aliphatic heterocycles. The number of aliphatic imine (C=N–C) groups is 1. The van der Waals surface area contributed by atoms with Crippen LogP contribution in [0.15, 0.2) is 29.3 Å². The van der Waals surface area contributed by atoms with Gasteiger partial charge in [-0.3, -0.25) is 9.59 Å². The number of methoxy groups -OCH3 is 1. The van der Waals surface area contributed by atoms with Crippen molar-refractivity contribution in [2.24, 2.45) is 10.4 Å². The first-order valence-electron chi connectivity index (χ1n) is 10.8. The molecule has 9 heteroatoms. The Morgan fingerprint density at radius 3 is 2.19 bits per heavy atom. The van der Waals surface area contributed by atoms with E-state index < -0.39 is 5.41 Å². The van der Waals surface area contributed by atoms with Gasteiger partial charge in [0.15, 0.2) is 5.96 Å². The van der Waals surface area contributed by atoms with E-state index in [0.717, 1.165) is 37.9 Å². The van der Waals surface area contributed by atoms with Crippen molar-refractivity contribution in [3.05, 3.63) is 29.8 Å². The molecule has 180 valence electrons. The van der Waals surface area contributed by atoms with Gasteiger partial charge in [-0.25, -0.2) is 4.99 Å². The number of nitrogens with zero attached hydrogens (tertiary/aromatic N) is 3. The lowest BCUT2D eigenvalue weighted by Crippen LogP contribution is -2.49. The molecule has 0 bridgehead atoms. The lowest BCUT2D eigenvalue weighted by atomic mass is 9.84. The zero-order chi connectivity index (χ0) is 22.9. The Hall–Kier alpha value is -2.04. The fourth-order valence-corrected chi connectivity index (χ4v) is 3.83. The minimum Gasteiger partial charge on any atom is -0.497 e. The summed E-state index contributed by atoms with van der Waals surface area (Å²) in [7, 11) is 8.69. The molecule has 0 saturated heterocycles. The summed E-state index contributed by atoms with van der Waals surface area (Å²) in [6, 6.07) is 7.94. The Morgan fingerprint density at radius 2 is 1.66 bits per heavy atom. The molecule has 1 saturated carbocycles. The molecule has 1 aromatic carbocycles. The SMILES string of the molecule is COc1ccc(CCNC(=NCC(=O)N(C)C)NCC2(C(=O)N(C)C)CCCC2)cc1.I. The lowest BCUT2D eigenvalue weighted by molar-refractivity contribution is -0.138. The van der Waals surface area contributed by atoms with E-state index in [2.05, 4.69) is 15.6 Å². The van der Waals surface area contributed by atoms with Crippen molar-refractivity contribution >= 4 is 41.8 Å². The number of carbonyl (C=O) groups is 2. The van der Waals surface area contributed by atoms with Gasteiger partial charge in [-0.1, -0.05) is 25.0 Å². The minimum absolute atomic E-state index is 0. The van der Waals surface area contributed by atoms with Crippen LogP contribution in [0.2, 0.25) is 0 Å². The number of likely N-dealkylation sites (N-methyl/N-ethyl adjacent to an activating group) is 1. The number of hydrogen-bond acceptors (Lipinski definition) is 4. The van der Waals surface area contributed by atoms with E-state index in [1.54, 1.807) is 40.2 Å². The summed E-state index contributed by atoms with van der Waals surface area (Å²) < 4.78 is 5.20. The summed E-state index contributed by atoms with van der Waals surface area (Å²) in [5, 5.41) is 6.65. The maximum absolute atomic E-state index is 12.8. The molecule has 1 aliphatic carbocycles. The van der Waals surface area contributed by atoms with Gasteiger partial charge in [0.2, 0.25) is 11.8 Å². The zero-order valence-corrected chi connectivity index (χ0v) is 22.3. The molecule has 0 heterocycles. The number of benzene rings is 1. The number of hydrogen-bond donors (Lipinski definition) is 2. The second kappa shape index (κ2) is 13.5. The molecule has 0 aromatic heterocycles. The molecule has 1 aromatic rings. The second-order valence-electron chi connectivity index (χ2n) is 8.52. The second-order valence-corrected chi connectivity index (χ2v) is 8.52. The molecule has 8 nitrogen and oxygen atoms in total. The maximum atomic E-state index is 12.8. The van der Waals surface area contributed by atoms with E-state index in [4.69, 9.17) is 4.74 Å². The molecule has 32 heavy (non-hydrogen) atoms. The van der Waals surface area contributed by atoms with Crippen molar-refractivity contribution in [2.45, 2.75) is 32.1 Å². The highest BCUT2D eigenvalue weighted by atomic mass is 127. The average molecular weight is 559 g/mol. The number of nitrogens with one attached hydrogen (secondary N) is 2. The van der Waals surface area contributed by atoms with Crippen LogP contribution in [0.4, 0.5) is 0 Å². The topological polar surface area (TPSA) is 86.3 Å². The molecular weight excluding hydrogens is 521 g/mol. The largest absolute Gasteiger partial charge is 0.497 e. The third-order valence-corrected chi connectivity index (χ3v) is 5.75. The van der Waals surface area contributed by atoms with Crippen molar-refractivity contribution in [1.82, 2.24) is 20.4 Å². The number of ether oxygens (including phenoxy) is 1. The number of halogens is 1. The van der Waals surface area contributed by atoms with Crippen molar-refractivity contribution in [1.29, 1.82) is 0 Å². The fourth-order valence-electron chi connectivity index (χ4n) is 3.83. The maximum Gasteiger partial charge on any atom is 0.243 e. The number of amides is 2. The van der Waals surface area contributed by atoms with Crippen LogP contribution in [-0.4, -0.2) is 82.5 Å². The van der Waals surface area contributed by atoms with Crippen LogP contribution in [0, 0.1) is 5.41 Å². The van der Waals surface area contributed by atoms with E-state index in [9.17, 15) is 9.59 Å². The predicted molar refractivity (Wildman–Crippen MR) is 139 cm³/mol. The highest BCUT2D eigenvalue weighted by Crippen LogP contribution is 2.38. The van der Waals surface area contributed by atoms with Crippen LogP contribution in [0.1, 0.15) is 31.2 Å². The molecule has 2 amide bonds. The summed E-state index contributed by atoms with van der Waals surface area (Å²) in [5.74, 6) is 1.47. The van der Waals surface area contributed by atoms with E-state index in [1.165, 1.54) is 10.5 Å². The zero-order valence-electron chi connectivity index (χ0n) is 19.9. The van der Waals surface area contributed by atoms with E-state index >= 15 is 0 Å². The smallest absolute Gasteiger partial charge is 0.243 e. The highest BCUT2D eigenvalue weighted by molar-refractivity contribution is 14.0. The molecule has 2 rings (SSSR count). The molecule has 2 N–H and O–H groups in total. The van der Waals surface area contributed by atoms with Gasteiger partial charge >= 0.3 is 0 Å². The third kappa shape index (κ3) is 8.14. The Morgan fingerprint density at radius 1 is 1.03 bits per heavy atom. The first-order chi connectivity index (χ1) is 14.8. The van der Waals surface area contributed by atoms with Crippen molar-refractivity contribution < 1.29 is 14.3 Å². The lowest BCUT2D eigenvalue weighted by Gasteiger charge is -2.31. The Kier molecular flexibility index (Phi) is 11.8. The van der Waals surface area contributed by atoms with Gasteiger partial charge in [0.25, 0.3) is 0 Å². The number of rotatable bonds is 9. The molecule has 0 atom stereocenters. The van der Waals surface area contributed by atoms with Crippen LogP contribution in [0.3, 0.4) is 0 Å². The van der Waals surface area contributed by atoms with Crippen LogP contribution < -0.4 is 15.4 Å². The van der Waals surface area contributed by atoms with Crippen LogP contribution in [0.25, 0.3) is 0 Å². The average Bonchev–Trinajstić information content (AvgIpc) is 3.24. The van der Waals surface area contributed by atoms with E-state index in [0.29, 0.717) is 19.0 Å². The van der Waals surface area contributed by atoms with Crippen LogP contribution in [-0.2, 0) is 16.0 Å². The summed E-state index contributed by atoms with van der Waals surface area (Å²) in [4.78, 5) is 32.5. The summed E-state index contributed by atoms with van der Waals surface area (Å²) in [5.41, 5.74) is 0.764. The van der Waals surface area contributed by atoms with Gasteiger partial charge in [-0.15, -0.1) is 24.0 Å². The first-order valence-corrected chi connectivity index (χ1v) is 10.8. The van der Waals surface area contributed by atoms with Crippen LogP contribution >= 0.6 is 24.0 Å². The van der Waals surface area contributed by atoms with Gasteiger partial charge in [0, 0.05) is 41.3 Å². The molecule has 1 aliphatic rings. The van der Waals surface area contributed by atoms with Gasteiger partial charge in [-0.05, 0) is 37.0 Å². The highest BCUT2D eigenvalue weighted by Gasteiger charge is 2.42. The number of carbonyl (C=O) groups excluding carboxylic acids is 2. The first kappa shape index (κ1) is 28.0. The fraction of sp³-hybridized carbons (Fsp3) is 0.609. The summed E-state index contributed by atoms with van der Waals surface area (Å²) in [6.07, 6.45) is 4.64. The normalized spacial score (nSPS) is 14.8. The molecule has 1 fully saturated rings. The molecule has 0 unspecified atom stereocenters. The molecule has 0 spiro atoms. The number of guanidine groups is 1. The van der Waals surface area contributed by atoms with Gasteiger partial charge in [0.1, 0.15) is 12.3 Å². The van der Waals surface area contributed by atoms with E-state index in [1.807, 2.05) is 24.3 Å². The molecule has 0 radical (unpaired) electrons. The van der Waals surface area contributed by atoms with Crippen molar-refractivity contribution in [3.8, 4) is 5.75 Å². The van der Waals surface area contributed by atoms with Crippen LogP contribution in [0.5, 0.6) is 5.75 Å². The van der Waals surface area contributed by atoms with Crippen molar-refractivity contribution in [3.63, 3.8) is 0 Å². The Bertz CT molecular complexity index is 759. The monoisotopic (exact) mass is 559 g/mol. The van der Waals surface area contributed by atoms with Crippen molar-refractivity contribution in [2.75, 3.05) is 54.9 Å². The Labute approximate surface area is 209 Å². The summed E-state index contributed by atoms with van der Waals surface area (Å²) >= 11 is 0. The van der Waals surface area contributed by atoms with E-state index in [-0.39, 0.29) is 42.3 Å². The van der Waals surface area contributed by atoms with Gasteiger partial charge < -0.3 is 25.2 Å².